The third-order valence-electron chi connectivity index (χ3n) is 1.35. The Balaban J connectivity index is 3.03. The van der Waals surface area contributed by atoms with Gasteiger partial charge in [0.2, 0.25) is 0 Å². The maximum atomic E-state index is 9.80. The van der Waals surface area contributed by atoms with Gasteiger partial charge in [-0.3, -0.25) is 4.79 Å². The molecule has 0 aromatic carbocycles. The molecule has 0 saturated carbocycles. The minimum absolute atomic E-state index is 0.399. The summed E-state index contributed by atoms with van der Waals surface area (Å²) in [5, 5.41) is 0. The van der Waals surface area contributed by atoms with Crippen molar-refractivity contribution in [2.75, 3.05) is 6.61 Å². The van der Waals surface area contributed by atoms with E-state index >= 15 is 0 Å². The van der Waals surface area contributed by atoms with E-state index in [1.54, 1.807) is 6.92 Å². The van der Waals surface area contributed by atoms with Crippen molar-refractivity contribution in [1.82, 2.24) is 0 Å². The van der Waals surface area contributed by atoms with E-state index in [9.17, 15) is 4.79 Å². The first kappa shape index (κ1) is 10.4. The molecule has 0 rings (SSSR count). The number of hydrogen-bond acceptors (Lipinski definition) is 3. The Hall–Kier alpha value is -0.570. The summed E-state index contributed by atoms with van der Waals surface area (Å²) >= 11 is 0. The van der Waals surface area contributed by atoms with Crippen molar-refractivity contribution in [3.8, 4) is 0 Å². The summed E-state index contributed by atoms with van der Waals surface area (Å²) in [6.07, 6.45) is 2.97. The van der Waals surface area contributed by atoms with Gasteiger partial charge in [-0.2, -0.15) is 0 Å². The third-order valence-corrected chi connectivity index (χ3v) is 1.35. The van der Waals surface area contributed by atoms with E-state index in [0.717, 1.165) is 12.8 Å². The number of unbranched alkanes of at least 4 members (excludes halogenated alkanes) is 2. The fraction of sp³-hybridized carbons (Fsp3) is 0.875. The van der Waals surface area contributed by atoms with Crippen LogP contribution < -0.4 is 0 Å². The molecule has 0 spiro atoms. The zero-order valence-electron chi connectivity index (χ0n) is 7.21. The number of carbonyl (C=O) groups is 1. The van der Waals surface area contributed by atoms with Gasteiger partial charge in [0, 0.05) is 0 Å². The molecule has 0 aromatic rings. The van der Waals surface area contributed by atoms with Crippen LogP contribution in [0, 0.1) is 0 Å². The molecule has 1 atom stereocenters. The van der Waals surface area contributed by atoms with Crippen molar-refractivity contribution in [3.05, 3.63) is 0 Å². The largest absolute Gasteiger partial charge is 0.438 e. The third kappa shape index (κ3) is 7.33. The molecule has 0 aromatic heterocycles. The highest BCUT2D eigenvalue weighted by atomic mass is 16.7. The summed E-state index contributed by atoms with van der Waals surface area (Å²) in [7, 11) is 0. The number of carbonyl (C=O) groups excluding carboxylic acids is 1. The predicted molar refractivity (Wildman–Crippen MR) is 42.1 cm³/mol. The summed E-state index contributed by atoms with van der Waals surface area (Å²) in [6.45, 7) is 4.92. The second-order valence-corrected chi connectivity index (χ2v) is 2.38. The van der Waals surface area contributed by atoms with Crippen molar-refractivity contribution < 1.29 is 14.3 Å². The minimum atomic E-state index is -0.399. The van der Waals surface area contributed by atoms with Gasteiger partial charge in [-0.05, 0) is 13.3 Å². The van der Waals surface area contributed by atoms with Gasteiger partial charge >= 0.3 is 0 Å². The van der Waals surface area contributed by atoms with Crippen molar-refractivity contribution in [3.63, 3.8) is 0 Å². The zero-order chi connectivity index (χ0) is 8.53. The van der Waals surface area contributed by atoms with Gasteiger partial charge in [-0.1, -0.05) is 19.8 Å². The van der Waals surface area contributed by atoms with Crippen LogP contribution in [-0.2, 0) is 14.3 Å². The molecule has 0 aliphatic heterocycles. The molecule has 0 amide bonds. The molecule has 0 N–H and O–H groups in total. The van der Waals surface area contributed by atoms with Crippen LogP contribution in [0.3, 0.4) is 0 Å². The van der Waals surface area contributed by atoms with Gasteiger partial charge in [0.05, 0.1) is 6.61 Å². The molecule has 11 heavy (non-hydrogen) atoms. The molecule has 0 fully saturated rings. The molecule has 1 unspecified atom stereocenters. The summed E-state index contributed by atoms with van der Waals surface area (Å²) in [4.78, 5) is 9.80. The molecule has 3 nitrogen and oxygen atoms in total. The van der Waals surface area contributed by atoms with Gasteiger partial charge in [-0.15, -0.1) is 0 Å². The highest BCUT2D eigenvalue weighted by Gasteiger charge is 1.98. The Morgan fingerprint density at radius 1 is 1.45 bits per heavy atom. The Morgan fingerprint density at radius 3 is 2.73 bits per heavy atom. The molecule has 0 saturated heterocycles. The first-order valence-electron chi connectivity index (χ1n) is 4.02. The molecule has 66 valence electrons. The van der Waals surface area contributed by atoms with Crippen LogP contribution in [0.15, 0.2) is 0 Å². The Labute approximate surface area is 67.7 Å². The summed E-state index contributed by atoms with van der Waals surface area (Å²) in [6, 6.07) is 0. The minimum Gasteiger partial charge on any atom is -0.438 e. The molecule has 0 bridgehead atoms. The van der Waals surface area contributed by atoms with Crippen molar-refractivity contribution in [2.45, 2.75) is 39.4 Å². The summed E-state index contributed by atoms with van der Waals surface area (Å²) < 4.78 is 9.65. The van der Waals surface area contributed by atoms with Crippen molar-refractivity contribution in [1.29, 1.82) is 0 Å². The van der Waals surface area contributed by atoms with Crippen LogP contribution in [0.25, 0.3) is 0 Å². The summed E-state index contributed by atoms with van der Waals surface area (Å²) in [5.41, 5.74) is 0. The molecule has 0 radical (unpaired) electrons. The van der Waals surface area contributed by atoms with E-state index in [1.807, 2.05) is 0 Å². The van der Waals surface area contributed by atoms with E-state index in [1.165, 1.54) is 6.42 Å². The highest BCUT2D eigenvalue weighted by molar-refractivity contribution is 5.37. The average molecular weight is 160 g/mol. The topological polar surface area (TPSA) is 35.5 Å². The normalized spacial score (nSPS) is 12.5. The van der Waals surface area contributed by atoms with Gasteiger partial charge in [-0.25, -0.2) is 0 Å². The van der Waals surface area contributed by atoms with Crippen LogP contribution in [0.2, 0.25) is 0 Å². The van der Waals surface area contributed by atoms with Crippen LogP contribution in [0.1, 0.15) is 33.1 Å². The maximum Gasteiger partial charge on any atom is 0.295 e. The van der Waals surface area contributed by atoms with Gasteiger partial charge in [0.15, 0.2) is 6.29 Å². The van der Waals surface area contributed by atoms with Crippen LogP contribution in [-0.4, -0.2) is 19.4 Å². The lowest BCUT2D eigenvalue weighted by Gasteiger charge is -2.09. The molecule has 3 heteroatoms. The molecule has 0 heterocycles. The Bertz CT molecular complexity index is 93.3. The lowest BCUT2D eigenvalue weighted by molar-refractivity contribution is -0.159. The predicted octanol–water partition coefficient (Wildman–Crippen LogP) is 1.71. The van der Waals surface area contributed by atoms with E-state index in [4.69, 9.17) is 4.74 Å². The highest BCUT2D eigenvalue weighted by Crippen LogP contribution is 1.97. The fourth-order valence-corrected chi connectivity index (χ4v) is 0.719. The molecular weight excluding hydrogens is 144 g/mol. The van der Waals surface area contributed by atoms with Gasteiger partial charge in [0.1, 0.15) is 0 Å². The lowest BCUT2D eigenvalue weighted by atomic mass is 10.3. The van der Waals surface area contributed by atoms with E-state index in [-0.39, 0.29) is 0 Å². The zero-order valence-corrected chi connectivity index (χ0v) is 7.21. The smallest absolute Gasteiger partial charge is 0.295 e. The lowest BCUT2D eigenvalue weighted by Crippen LogP contribution is -2.12. The fourth-order valence-electron chi connectivity index (χ4n) is 0.719. The SMILES string of the molecule is CCCCCOC(C)OC=O. The molecule has 0 aliphatic carbocycles. The number of hydrogen-bond donors (Lipinski definition) is 0. The standard InChI is InChI=1S/C8H16O3/c1-3-4-5-6-10-8(2)11-7-9/h7-8H,3-6H2,1-2H3. The van der Waals surface area contributed by atoms with E-state index < -0.39 is 6.29 Å². The summed E-state index contributed by atoms with van der Waals surface area (Å²) in [5.74, 6) is 0. The molecular formula is C8H16O3. The molecule has 0 aliphatic rings. The van der Waals surface area contributed by atoms with Crippen molar-refractivity contribution in [2.24, 2.45) is 0 Å². The quantitative estimate of drug-likeness (QED) is 0.323. The van der Waals surface area contributed by atoms with E-state index in [2.05, 4.69) is 11.7 Å². The van der Waals surface area contributed by atoms with Crippen molar-refractivity contribution >= 4 is 6.47 Å². The first-order valence-corrected chi connectivity index (χ1v) is 4.02. The number of ether oxygens (including phenoxy) is 2. The monoisotopic (exact) mass is 160 g/mol. The van der Waals surface area contributed by atoms with Gasteiger partial charge < -0.3 is 9.47 Å². The first-order chi connectivity index (χ1) is 5.31. The second kappa shape index (κ2) is 7.54. The number of rotatable bonds is 7. The van der Waals surface area contributed by atoms with E-state index in [0.29, 0.717) is 13.1 Å². The average Bonchev–Trinajstić information content (AvgIpc) is 1.99. The van der Waals surface area contributed by atoms with Crippen LogP contribution in [0.4, 0.5) is 0 Å². The van der Waals surface area contributed by atoms with Crippen LogP contribution >= 0.6 is 0 Å². The maximum absolute atomic E-state index is 9.80. The van der Waals surface area contributed by atoms with Crippen LogP contribution in [0.5, 0.6) is 0 Å². The van der Waals surface area contributed by atoms with Gasteiger partial charge in [0.25, 0.3) is 6.47 Å². The Kier molecular flexibility index (Phi) is 7.15. The Morgan fingerprint density at radius 2 is 2.18 bits per heavy atom. The second-order valence-electron chi connectivity index (χ2n) is 2.38.